The molecule has 2 aromatic rings. The number of imidazole rings is 1. The van der Waals surface area contributed by atoms with Gasteiger partial charge in [-0.25, -0.2) is 4.98 Å². The summed E-state index contributed by atoms with van der Waals surface area (Å²) in [5, 5.41) is 0. The number of hydrogen-bond donors (Lipinski definition) is 1. The van der Waals surface area contributed by atoms with Crippen molar-refractivity contribution in [2.75, 3.05) is 19.8 Å². The van der Waals surface area contributed by atoms with Crippen molar-refractivity contribution >= 4 is 11.0 Å². The molecular formula is C12H12F3N3O2. The Kier molecular flexibility index (Phi) is 2.97. The van der Waals surface area contributed by atoms with Crippen LogP contribution >= 0.6 is 0 Å². The number of halogens is 3. The van der Waals surface area contributed by atoms with Gasteiger partial charge in [0.2, 0.25) is 5.82 Å². The van der Waals surface area contributed by atoms with Crippen LogP contribution in [-0.4, -0.2) is 29.3 Å². The molecule has 20 heavy (non-hydrogen) atoms. The predicted octanol–water partition coefficient (Wildman–Crippen LogP) is 1.78. The molecule has 108 valence electrons. The zero-order valence-corrected chi connectivity index (χ0v) is 10.4. The molecule has 0 aliphatic carbocycles. The van der Waals surface area contributed by atoms with E-state index in [1.807, 2.05) is 0 Å². The Morgan fingerprint density at radius 2 is 1.85 bits per heavy atom. The maximum atomic E-state index is 13.0. The number of nitrogens with zero attached hydrogens (tertiary/aromatic N) is 2. The molecule has 1 aliphatic heterocycles. The normalized spacial score (nSPS) is 14.8. The van der Waals surface area contributed by atoms with Gasteiger partial charge in [-0.1, -0.05) is 0 Å². The molecule has 0 fully saturated rings. The smallest absolute Gasteiger partial charge is 0.449 e. The Balaban J connectivity index is 2.23. The van der Waals surface area contributed by atoms with Crippen LogP contribution in [0.15, 0.2) is 12.1 Å². The molecule has 0 unspecified atom stereocenters. The molecular weight excluding hydrogens is 275 g/mol. The molecule has 0 atom stereocenters. The van der Waals surface area contributed by atoms with E-state index < -0.39 is 12.0 Å². The second-order valence-electron chi connectivity index (χ2n) is 4.36. The van der Waals surface area contributed by atoms with Gasteiger partial charge in [-0.2, -0.15) is 13.2 Å². The Bertz CT molecular complexity index is 651. The third-order valence-corrected chi connectivity index (χ3v) is 3.02. The van der Waals surface area contributed by atoms with E-state index in [2.05, 4.69) is 4.98 Å². The topological polar surface area (TPSA) is 62.3 Å². The lowest BCUT2D eigenvalue weighted by Gasteiger charge is -2.18. The van der Waals surface area contributed by atoms with Crippen LogP contribution in [0, 0.1) is 0 Å². The van der Waals surface area contributed by atoms with Crippen molar-refractivity contribution < 1.29 is 22.6 Å². The van der Waals surface area contributed by atoms with E-state index in [0.717, 1.165) is 4.57 Å². The molecule has 3 rings (SSSR count). The molecule has 0 spiro atoms. The van der Waals surface area contributed by atoms with Crippen molar-refractivity contribution in [3.63, 3.8) is 0 Å². The number of fused-ring (bicyclic) bond motifs is 2. The van der Waals surface area contributed by atoms with Gasteiger partial charge in [0.05, 0.1) is 11.0 Å². The number of hydrogen-bond acceptors (Lipinski definition) is 4. The van der Waals surface area contributed by atoms with Crippen LogP contribution in [0.2, 0.25) is 0 Å². The third kappa shape index (κ3) is 2.05. The van der Waals surface area contributed by atoms with E-state index in [1.54, 1.807) is 0 Å². The largest absolute Gasteiger partial charge is 0.486 e. The van der Waals surface area contributed by atoms with Crippen LogP contribution in [0.5, 0.6) is 11.5 Å². The fourth-order valence-electron chi connectivity index (χ4n) is 2.23. The van der Waals surface area contributed by atoms with Gasteiger partial charge in [-0.15, -0.1) is 0 Å². The molecule has 0 saturated carbocycles. The summed E-state index contributed by atoms with van der Waals surface area (Å²) in [6.45, 7) is 0.859. The van der Waals surface area contributed by atoms with E-state index >= 15 is 0 Å². The number of aromatic nitrogens is 2. The summed E-state index contributed by atoms with van der Waals surface area (Å²) < 4.78 is 50.8. The molecule has 2 N–H and O–H groups in total. The van der Waals surface area contributed by atoms with Gasteiger partial charge in [0.1, 0.15) is 13.2 Å². The first-order chi connectivity index (χ1) is 9.50. The van der Waals surface area contributed by atoms with Crippen LogP contribution < -0.4 is 15.2 Å². The second-order valence-corrected chi connectivity index (χ2v) is 4.36. The number of rotatable bonds is 2. The van der Waals surface area contributed by atoms with Crippen molar-refractivity contribution in [3.05, 3.63) is 18.0 Å². The third-order valence-electron chi connectivity index (χ3n) is 3.02. The Hall–Kier alpha value is -1.96. The van der Waals surface area contributed by atoms with Gasteiger partial charge >= 0.3 is 6.18 Å². The molecule has 5 nitrogen and oxygen atoms in total. The summed E-state index contributed by atoms with van der Waals surface area (Å²) in [6.07, 6.45) is -4.53. The molecule has 1 aromatic carbocycles. The van der Waals surface area contributed by atoms with Gasteiger partial charge in [0.25, 0.3) is 0 Å². The lowest BCUT2D eigenvalue weighted by Crippen LogP contribution is -2.19. The van der Waals surface area contributed by atoms with Crippen LogP contribution in [-0.2, 0) is 12.7 Å². The standard InChI is InChI=1S/C12H12F3N3O2/c13-12(14,15)11-17-7-5-9-10(20-4-3-19-9)6-8(7)18(11)2-1-16/h5-6H,1-4,16H2. The highest BCUT2D eigenvalue weighted by atomic mass is 19.4. The highest BCUT2D eigenvalue weighted by Crippen LogP contribution is 2.37. The molecule has 0 saturated heterocycles. The minimum Gasteiger partial charge on any atom is -0.486 e. The fourth-order valence-corrected chi connectivity index (χ4v) is 2.23. The number of ether oxygens (including phenoxy) is 2. The lowest BCUT2D eigenvalue weighted by molar-refractivity contribution is -0.146. The maximum Gasteiger partial charge on any atom is 0.449 e. The minimum absolute atomic E-state index is 0.0327. The van der Waals surface area contributed by atoms with Crippen molar-refractivity contribution in [2.45, 2.75) is 12.7 Å². The molecule has 0 radical (unpaired) electrons. The minimum atomic E-state index is -4.53. The van der Waals surface area contributed by atoms with E-state index in [1.165, 1.54) is 12.1 Å². The second kappa shape index (κ2) is 4.55. The molecule has 0 amide bonds. The summed E-state index contributed by atoms with van der Waals surface area (Å²) in [7, 11) is 0. The lowest BCUT2D eigenvalue weighted by atomic mass is 10.2. The Labute approximate surface area is 112 Å². The van der Waals surface area contributed by atoms with Crippen LogP contribution in [0.25, 0.3) is 11.0 Å². The summed E-state index contributed by atoms with van der Waals surface area (Å²) >= 11 is 0. The number of alkyl halides is 3. The zero-order valence-electron chi connectivity index (χ0n) is 10.4. The summed E-state index contributed by atoms with van der Waals surface area (Å²) in [6, 6.07) is 2.98. The fraction of sp³-hybridized carbons (Fsp3) is 0.417. The zero-order chi connectivity index (χ0) is 14.3. The maximum absolute atomic E-state index is 13.0. The van der Waals surface area contributed by atoms with Crippen LogP contribution in [0.1, 0.15) is 5.82 Å². The predicted molar refractivity (Wildman–Crippen MR) is 64.8 cm³/mol. The van der Waals surface area contributed by atoms with Crippen molar-refractivity contribution in [1.82, 2.24) is 9.55 Å². The first-order valence-electron chi connectivity index (χ1n) is 6.08. The molecule has 2 heterocycles. The van der Waals surface area contributed by atoms with Gasteiger partial charge in [0, 0.05) is 25.2 Å². The van der Waals surface area contributed by atoms with Gasteiger partial charge in [0.15, 0.2) is 11.5 Å². The molecule has 8 heteroatoms. The van der Waals surface area contributed by atoms with E-state index in [9.17, 15) is 13.2 Å². The Morgan fingerprint density at radius 1 is 1.20 bits per heavy atom. The van der Waals surface area contributed by atoms with Crippen molar-refractivity contribution in [3.8, 4) is 11.5 Å². The number of benzene rings is 1. The average molecular weight is 287 g/mol. The summed E-state index contributed by atoms with van der Waals surface area (Å²) in [5.41, 5.74) is 5.95. The quantitative estimate of drug-likeness (QED) is 0.914. The van der Waals surface area contributed by atoms with E-state index in [-0.39, 0.29) is 18.6 Å². The van der Waals surface area contributed by atoms with Crippen LogP contribution in [0.3, 0.4) is 0 Å². The van der Waals surface area contributed by atoms with E-state index in [4.69, 9.17) is 15.2 Å². The van der Waals surface area contributed by atoms with Crippen molar-refractivity contribution in [2.24, 2.45) is 5.73 Å². The molecule has 1 aliphatic rings. The highest BCUT2D eigenvalue weighted by Gasteiger charge is 2.37. The summed E-state index contributed by atoms with van der Waals surface area (Å²) in [5.74, 6) is -0.120. The van der Waals surface area contributed by atoms with Crippen LogP contribution in [0.4, 0.5) is 13.2 Å². The monoisotopic (exact) mass is 287 g/mol. The van der Waals surface area contributed by atoms with Gasteiger partial charge in [-0.3, -0.25) is 0 Å². The average Bonchev–Trinajstić information content (AvgIpc) is 2.75. The first-order valence-corrected chi connectivity index (χ1v) is 6.08. The van der Waals surface area contributed by atoms with Gasteiger partial charge < -0.3 is 19.8 Å². The first kappa shape index (κ1) is 13.0. The molecule has 0 bridgehead atoms. The van der Waals surface area contributed by atoms with Gasteiger partial charge in [-0.05, 0) is 0 Å². The molecule has 1 aromatic heterocycles. The van der Waals surface area contributed by atoms with E-state index in [0.29, 0.717) is 30.2 Å². The Morgan fingerprint density at radius 3 is 2.45 bits per heavy atom. The summed E-state index contributed by atoms with van der Waals surface area (Å²) in [4.78, 5) is 3.66. The SMILES string of the molecule is NCCn1c(C(F)(F)F)nc2cc3c(cc21)OCCO3. The van der Waals surface area contributed by atoms with Crippen molar-refractivity contribution in [1.29, 1.82) is 0 Å². The number of nitrogens with two attached hydrogens (primary N) is 1. The highest BCUT2D eigenvalue weighted by molar-refractivity contribution is 5.81.